The number of aliphatic hydroxyl groups excluding tert-OH is 1. The molecule has 1 aliphatic carbocycles. The first-order chi connectivity index (χ1) is 11.0. The molecule has 2 atom stereocenters. The minimum atomic E-state index is -0.613. The van der Waals surface area contributed by atoms with Gasteiger partial charge in [-0.3, -0.25) is 4.79 Å². The molecule has 1 aliphatic rings. The molecule has 23 heavy (non-hydrogen) atoms. The van der Waals surface area contributed by atoms with Crippen LogP contribution in [0.5, 0.6) is 5.75 Å². The van der Waals surface area contributed by atoms with Crippen LogP contribution in [0.1, 0.15) is 51.5 Å². The quantitative estimate of drug-likeness (QED) is 0.820. The molecule has 0 bridgehead atoms. The maximum Gasteiger partial charge on any atom is 0.230 e. The van der Waals surface area contributed by atoms with Crippen molar-refractivity contribution in [2.45, 2.75) is 57.4 Å². The lowest BCUT2D eigenvalue weighted by Crippen LogP contribution is -2.48. The maximum absolute atomic E-state index is 12.8. The van der Waals surface area contributed by atoms with Crippen LogP contribution in [0.3, 0.4) is 0 Å². The van der Waals surface area contributed by atoms with E-state index in [0.29, 0.717) is 0 Å². The van der Waals surface area contributed by atoms with E-state index in [9.17, 15) is 9.90 Å². The monoisotopic (exact) mass is 319 g/mol. The van der Waals surface area contributed by atoms with E-state index in [1.165, 1.54) is 6.42 Å². The molecule has 4 heteroatoms. The lowest BCUT2D eigenvalue weighted by atomic mass is 9.82. The van der Waals surface area contributed by atoms with Gasteiger partial charge in [0.25, 0.3) is 0 Å². The van der Waals surface area contributed by atoms with E-state index in [2.05, 4.69) is 5.32 Å². The first-order valence-corrected chi connectivity index (χ1v) is 8.55. The number of carbonyl (C=O) groups excluding carboxylic acids is 1. The van der Waals surface area contributed by atoms with E-state index < -0.39 is 5.41 Å². The summed E-state index contributed by atoms with van der Waals surface area (Å²) in [7, 11) is 1.63. The summed E-state index contributed by atoms with van der Waals surface area (Å²) in [5.74, 6) is 0.982. The van der Waals surface area contributed by atoms with Crippen LogP contribution in [0.15, 0.2) is 24.3 Å². The van der Waals surface area contributed by atoms with Crippen molar-refractivity contribution in [2.24, 2.45) is 5.92 Å². The molecule has 128 valence electrons. The van der Waals surface area contributed by atoms with Crippen molar-refractivity contribution < 1.29 is 14.6 Å². The second kappa shape index (κ2) is 7.82. The highest BCUT2D eigenvalue weighted by atomic mass is 16.5. The Bertz CT molecular complexity index is 510. The Morgan fingerprint density at radius 2 is 1.87 bits per heavy atom. The van der Waals surface area contributed by atoms with E-state index in [1.807, 2.05) is 38.1 Å². The third kappa shape index (κ3) is 4.25. The van der Waals surface area contributed by atoms with Crippen molar-refractivity contribution in [3.8, 4) is 5.75 Å². The molecular formula is C19H29NO3. The number of amides is 1. The van der Waals surface area contributed by atoms with Crippen LogP contribution in [0.4, 0.5) is 0 Å². The molecule has 0 radical (unpaired) electrons. The third-order valence-corrected chi connectivity index (χ3v) is 5.09. The molecule has 2 rings (SSSR count). The zero-order chi connectivity index (χ0) is 16.9. The molecule has 0 aliphatic heterocycles. The highest BCUT2D eigenvalue weighted by Gasteiger charge is 2.33. The largest absolute Gasteiger partial charge is 0.497 e. The molecule has 1 fully saturated rings. The summed E-state index contributed by atoms with van der Waals surface area (Å²) in [6, 6.07) is 7.72. The van der Waals surface area contributed by atoms with Crippen LogP contribution < -0.4 is 10.1 Å². The number of hydrogen-bond acceptors (Lipinski definition) is 3. The number of nitrogens with one attached hydrogen (secondary N) is 1. The molecule has 2 unspecified atom stereocenters. The van der Waals surface area contributed by atoms with Gasteiger partial charge in [0.15, 0.2) is 0 Å². The van der Waals surface area contributed by atoms with Gasteiger partial charge in [-0.25, -0.2) is 0 Å². The number of hydrogen-bond donors (Lipinski definition) is 2. The van der Waals surface area contributed by atoms with Gasteiger partial charge in [-0.2, -0.15) is 0 Å². The van der Waals surface area contributed by atoms with Crippen molar-refractivity contribution in [2.75, 3.05) is 13.7 Å². The van der Waals surface area contributed by atoms with Crippen molar-refractivity contribution in [1.82, 2.24) is 5.32 Å². The molecule has 1 aromatic carbocycles. The van der Waals surface area contributed by atoms with Gasteiger partial charge in [0.2, 0.25) is 5.91 Å². The minimum Gasteiger partial charge on any atom is -0.497 e. The molecule has 1 saturated carbocycles. The standard InChI is InChI=1S/C19H29NO3/c1-19(2,15-9-11-16(23-3)12-10-15)18(22)20-17-8-6-4-5-7-14(17)13-21/h9-12,14,17,21H,4-8,13H2,1-3H3,(H,20,22). The summed E-state index contributed by atoms with van der Waals surface area (Å²) >= 11 is 0. The van der Waals surface area contributed by atoms with Crippen LogP contribution >= 0.6 is 0 Å². The Balaban J connectivity index is 2.10. The predicted molar refractivity (Wildman–Crippen MR) is 91.6 cm³/mol. The van der Waals surface area contributed by atoms with Gasteiger partial charge in [-0.15, -0.1) is 0 Å². The molecule has 4 nitrogen and oxygen atoms in total. The number of carbonyl (C=O) groups is 1. The van der Waals surface area contributed by atoms with Crippen molar-refractivity contribution in [3.63, 3.8) is 0 Å². The van der Waals surface area contributed by atoms with Crippen LogP contribution in [0.25, 0.3) is 0 Å². The van der Waals surface area contributed by atoms with Gasteiger partial charge >= 0.3 is 0 Å². The van der Waals surface area contributed by atoms with E-state index in [0.717, 1.165) is 37.0 Å². The Morgan fingerprint density at radius 1 is 1.22 bits per heavy atom. The fourth-order valence-electron chi connectivity index (χ4n) is 3.28. The number of ether oxygens (including phenoxy) is 1. The number of methoxy groups -OCH3 is 1. The molecule has 0 aromatic heterocycles. The molecule has 2 N–H and O–H groups in total. The summed E-state index contributed by atoms with van der Waals surface area (Å²) < 4.78 is 5.18. The van der Waals surface area contributed by atoms with E-state index in [4.69, 9.17) is 4.74 Å². The Hall–Kier alpha value is -1.55. The van der Waals surface area contributed by atoms with Gasteiger partial charge in [0.05, 0.1) is 12.5 Å². The van der Waals surface area contributed by atoms with Gasteiger partial charge in [-0.05, 0) is 44.4 Å². The molecule has 0 saturated heterocycles. The van der Waals surface area contributed by atoms with Crippen molar-refractivity contribution in [1.29, 1.82) is 0 Å². The van der Waals surface area contributed by atoms with E-state index >= 15 is 0 Å². The first-order valence-electron chi connectivity index (χ1n) is 8.55. The number of benzene rings is 1. The van der Waals surface area contributed by atoms with Gasteiger partial charge in [0.1, 0.15) is 5.75 Å². The molecule has 1 amide bonds. The van der Waals surface area contributed by atoms with E-state index in [-0.39, 0.29) is 24.5 Å². The smallest absolute Gasteiger partial charge is 0.230 e. The average molecular weight is 319 g/mol. The topological polar surface area (TPSA) is 58.6 Å². The first kappa shape index (κ1) is 17.8. The Morgan fingerprint density at radius 3 is 2.48 bits per heavy atom. The van der Waals surface area contributed by atoms with Crippen molar-refractivity contribution in [3.05, 3.63) is 29.8 Å². The van der Waals surface area contributed by atoms with Crippen LogP contribution in [-0.2, 0) is 10.2 Å². The fourth-order valence-corrected chi connectivity index (χ4v) is 3.28. The highest BCUT2D eigenvalue weighted by Crippen LogP contribution is 2.28. The highest BCUT2D eigenvalue weighted by molar-refractivity contribution is 5.87. The van der Waals surface area contributed by atoms with Gasteiger partial charge in [0, 0.05) is 18.6 Å². The SMILES string of the molecule is COc1ccc(C(C)(C)C(=O)NC2CCCCCC2CO)cc1. The normalized spacial score (nSPS) is 22.3. The summed E-state index contributed by atoms with van der Waals surface area (Å²) in [6.45, 7) is 4.03. The number of rotatable bonds is 5. The van der Waals surface area contributed by atoms with Crippen LogP contribution in [-0.4, -0.2) is 30.8 Å². The third-order valence-electron chi connectivity index (χ3n) is 5.09. The Labute approximate surface area is 139 Å². The fraction of sp³-hybridized carbons (Fsp3) is 0.632. The molecule has 1 aromatic rings. The second-order valence-corrected chi connectivity index (χ2v) is 7.01. The maximum atomic E-state index is 12.8. The van der Waals surface area contributed by atoms with Gasteiger partial charge in [-0.1, -0.05) is 31.4 Å². The molecular weight excluding hydrogens is 290 g/mol. The lowest BCUT2D eigenvalue weighted by molar-refractivity contribution is -0.127. The average Bonchev–Trinajstić information content (AvgIpc) is 2.79. The number of aliphatic hydroxyl groups is 1. The second-order valence-electron chi connectivity index (χ2n) is 7.01. The zero-order valence-electron chi connectivity index (χ0n) is 14.5. The van der Waals surface area contributed by atoms with Crippen LogP contribution in [0.2, 0.25) is 0 Å². The lowest BCUT2D eigenvalue weighted by Gasteiger charge is -2.30. The minimum absolute atomic E-state index is 0.0213. The summed E-state index contributed by atoms with van der Waals surface area (Å²) in [5.41, 5.74) is 0.350. The Kier molecular flexibility index (Phi) is 6.05. The zero-order valence-corrected chi connectivity index (χ0v) is 14.5. The molecule has 0 spiro atoms. The van der Waals surface area contributed by atoms with Gasteiger partial charge < -0.3 is 15.2 Å². The summed E-state index contributed by atoms with van der Waals surface area (Å²) in [5, 5.41) is 12.8. The van der Waals surface area contributed by atoms with Crippen molar-refractivity contribution >= 4 is 5.91 Å². The molecule has 0 heterocycles. The van der Waals surface area contributed by atoms with Crippen LogP contribution in [0, 0.1) is 5.92 Å². The predicted octanol–water partition coefficient (Wildman–Crippen LogP) is 3.03. The summed E-state index contributed by atoms with van der Waals surface area (Å²) in [4.78, 5) is 12.8. The van der Waals surface area contributed by atoms with E-state index in [1.54, 1.807) is 7.11 Å². The summed E-state index contributed by atoms with van der Waals surface area (Å²) in [6.07, 6.45) is 5.38.